The maximum absolute atomic E-state index is 12.0. The van der Waals surface area contributed by atoms with E-state index in [2.05, 4.69) is 0 Å². The molecule has 0 aliphatic heterocycles. The van der Waals surface area contributed by atoms with Gasteiger partial charge in [0.1, 0.15) is 6.29 Å². The van der Waals surface area contributed by atoms with Gasteiger partial charge < -0.3 is 9.53 Å². The topological polar surface area (TPSA) is 43.4 Å². The number of ether oxygens (including phenoxy) is 1. The van der Waals surface area contributed by atoms with Crippen LogP contribution in [0.15, 0.2) is 24.3 Å². The molecule has 20 heavy (non-hydrogen) atoms. The maximum atomic E-state index is 12.0. The second kappa shape index (κ2) is 7.22. The van der Waals surface area contributed by atoms with Crippen molar-refractivity contribution in [2.24, 2.45) is 5.41 Å². The minimum absolute atomic E-state index is 0.209. The molecule has 1 unspecified atom stereocenters. The van der Waals surface area contributed by atoms with E-state index in [1.54, 1.807) is 0 Å². The van der Waals surface area contributed by atoms with Crippen molar-refractivity contribution in [1.29, 1.82) is 0 Å². The normalized spacial score (nSPS) is 12.8. The van der Waals surface area contributed by atoms with E-state index < -0.39 is 0 Å². The minimum atomic E-state index is -0.326. The number of esters is 1. The molecule has 0 saturated heterocycles. The van der Waals surface area contributed by atoms with Gasteiger partial charge in [-0.3, -0.25) is 4.79 Å². The number of methoxy groups -OCH3 is 1. The number of carbonyl (C=O) groups is 2. The highest BCUT2D eigenvalue weighted by Crippen LogP contribution is 2.28. The molecule has 0 spiro atoms. The quantitative estimate of drug-likeness (QED) is 0.564. The van der Waals surface area contributed by atoms with Crippen molar-refractivity contribution >= 4 is 12.3 Å². The lowest BCUT2D eigenvalue weighted by atomic mass is 9.85. The Morgan fingerprint density at radius 3 is 2.65 bits per heavy atom. The van der Waals surface area contributed by atoms with Gasteiger partial charge in [-0.05, 0) is 25.3 Å². The maximum Gasteiger partial charge on any atom is 0.313 e. The van der Waals surface area contributed by atoms with Crippen LogP contribution in [0.4, 0.5) is 0 Å². The fourth-order valence-electron chi connectivity index (χ4n) is 2.27. The van der Waals surface area contributed by atoms with Crippen molar-refractivity contribution < 1.29 is 14.3 Å². The first-order valence-corrected chi connectivity index (χ1v) is 7.00. The van der Waals surface area contributed by atoms with Crippen LogP contribution in [-0.4, -0.2) is 19.4 Å². The summed E-state index contributed by atoms with van der Waals surface area (Å²) < 4.78 is 4.91. The number of aryl methyl sites for hydroxylation is 1. The van der Waals surface area contributed by atoms with Crippen LogP contribution in [0.1, 0.15) is 50.2 Å². The monoisotopic (exact) mass is 276 g/mol. The summed E-state index contributed by atoms with van der Waals surface area (Å²) in [5, 5.41) is 0. The van der Waals surface area contributed by atoms with E-state index in [0.29, 0.717) is 6.42 Å². The van der Waals surface area contributed by atoms with Gasteiger partial charge in [0.05, 0.1) is 13.0 Å². The van der Waals surface area contributed by atoms with E-state index in [9.17, 15) is 9.59 Å². The summed E-state index contributed by atoms with van der Waals surface area (Å²) in [5.74, 6) is -0.457. The summed E-state index contributed by atoms with van der Waals surface area (Å²) in [4.78, 5) is 22.9. The molecule has 1 aromatic carbocycles. The van der Waals surface area contributed by atoms with Crippen LogP contribution in [0, 0.1) is 12.3 Å². The van der Waals surface area contributed by atoms with Gasteiger partial charge in [-0.2, -0.15) is 0 Å². The average molecular weight is 276 g/mol. The molecule has 0 radical (unpaired) electrons. The highest BCUT2D eigenvalue weighted by Gasteiger charge is 2.23. The molecule has 0 N–H and O–H groups in total. The summed E-state index contributed by atoms with van der Waals surface area (Å²) >= 11 is 0. The minimum Gasteiger partial charge on any atom is -0.469 e. The number of carbonyl (C=O) groups excluding carboxylic acids is 2. The zero-order chi connectivity index (χ0) is 15.2. The Labute approximate surface area is 121 Å². The molecule has 0 bridgehead atoms. The van der Waals surface area contributed by atoms with Gasteiger partial charge in [0.2, 0.25) is 0 Å². The van der Waals surface area contributed by atoms with Gasteiger partial charge in [-0.1, -0.05) is 50.1 Å². The van der Waals surface area contributed by atoms with Crippen LogP contribution in [-0.2, 0) is 14.3 Å². The Bertz CT molecular complexity index is 463. The Kier molecular flexibility index (Phi) is 5.93. The van der Waals surface area contributed by atoms with E-state index in [1.807, 2.05) is 45.0 Å². The van der Waals surface area contributed by atoms with E-state index in [-0.39, 0.29) is 17.3 Å². The van der Waals surface area contributed by atoms with E-state index in [4.69, 9.17) is 4.74 Å². The first-order valence-electron chi connectivity index (χ1n) is 7.00. The van der Waals surface area contributed by atoms with Crippen molar-refractivity contribution in [2.75, 3.05) is 7.11 Å². The van der Waals surface area contributed by atoms with E-state index >= 15 is 0 Å². The lowest BCUT2D eigenvalue weighted by Crippen LogP contribution is -2.17. The Hall–Kier alpha value is -1.64. The van der Waals surface area contributed by atoms with E-state index in [0.717, 1.165) is 30.3 Å². The lowest BCUT2D eigenvalue weighted by Gasteiger charge is -2.19. The van der Waals surface area contributed by atoms with Crippen LogP contribution >= 0.6 is 0 Å². The SMILES string of the molecule is COC(=O)C(CCCC(C)(C)C=O)c1cccc(C)c1. The Morgan fingerprint density at radius 1 is 1.40 bits per heavy atom. The molecule has 0 amide bonds. The van der Waals surface area contributed by atoms with E-state index in [1.165, 1.54) is 7.11 Å². The van der Waals surface area contributed by atoms with Crippen LogP contribution in [0.25, 0.3) is 0 Å². The van der Waals surface area contributed by atoms with Gasteiger partial charge in [0, 0.05) is 5.41 Å². The molecule has 0 aliphatic rings. The standard InChI is InChI=1S/C17H24O3/c1-13-7-5-8-14(11-13)15(16(19)20-4)9-6-10-17(2,3)12-18/h5,7-8,11-12,15H,6,9-10H2,1-4H3. The predicted molar refractivity (Wildman–Crippen MR) is 79.6 cm³/mol. The molecular formula is C17H24O3. The second-order valence-corrected chi connectivity index (χ2v) is 5.99. The number of hydrogen-bond acceptors (Lipinski definition) is 3. The van der Waals surface area contributed by atoms with Gasteiger partial charge in [-0.25, -0.2) is 0 Å². The zero-order valence-electron chi connectivity index (χ0n) is 12.8. The smallest absolute Gasteiger partial charge is 0.313 e. The molecule has 3 nitrogen and oxygen atoms in total. The molecule has 1 rings (SSSR count). The third-order valence-electron chi connectivity index (χ3n) is 3.56. The van der Waals surface area contributed by atoms with Gasteiger partial charge >= 0.3 is 5.97 Å². The second-order valence-electron chi connectivity index (χ2n) is 5.99. The fraction of sp³-hybridized carbons (Fsp3) is 0.529. The Balaban J connectivity index is 2.76. The predicted octanol–water partition coefficient (Wildman–Crippen LogP) is 3.65. The molecule has 3 heteroatoms. The van der Waals surface area contributed by atoms with Gasteiger partial charge in [0.25, 0.3) is 0 Å². The van der Waals surface area contributed by atoms with Crippen molar-refractivity contribution in [2.45, 2.75) is 46.0 Å². The van der Waals surface area contributed by atoms with Gasteiger partial charge in [-0.15, -0.1) is 0 Å². The van der Waals surface area contributed by atoms with Crippen molar-refractivity contribution in [3.8, 4) is 0 Å². The van der Waals surface area contributed by atoms with Crippen LogP contribution in [0.3, 0.4) is 0 Å². The highest BCUT2D eigenvalue weighted by molar-refractivity contribution is 5.78. The summed E-state index contributed by atoms with van der Waals surface area (Å²) in [7, 11) is 1.42. The summed E-state index contributed by atoms with van der Waals surface area (Å²) in [6, 6.07) is 7.94. The largest absolute Gasteiger partial charge is 0.469 e. The first kappa shape index (κ1) is 16.4. The van der Waals surface area contributed by atoms with Crippen molar-refractivity contribution in [3.63, 3.8) is 0 Å². The molecule has 1 atom stereocenters. The van der Waals surface area contributed by atoms with Crippen molar-refractivity contribution in [3.05, 3.63) is 35.4 Å². The van der Waals surface area contributed by atoms with Crippen LogP contribution in [0.2, 0.25) is 0 Å². The lowest BCUT2D eigenvalue weighted by molar-refractivity contribution is -0.142. The number of aldehydes is 1. The third-order valence-corrected chi connectivity index (χ3v) is 3.56. The van der Waals surface area contributed by atoms with Crippen LogP contribution < -0.4 is 0 Å². The molecular weight excluding hydrogens is 252 g/mol. The van der Waals surface area contributed by atoms with Crippen LogP contribution in [0.5, 0.6) is 0 Å². The number of rotatable bonds is 7. The Morgan fingerprint density at radius 2 is 2.10 bits per heavy atom. The molecule has 0 saturated carbocycles. The number of benzene rings is 1. The molecule has 1 aromatic rings. The highest BCUT2D eigenvalue weighted by atomic mass is 16.5. The first-order chi connectivity index (χ1) is 9.39. The molecule has 0 aliphatic carbocycles. The molecule has 110 valence electrons. The zero-order valence-corrected chi connectivity index (χ0v) is 12.8. The molecule has 0 fully saturated rings. The third kappa shape index (κ3) is 4.80. The fourth-order valence-corrected chi connectivity index (χ4v) is 2.27. The summed E-state index contributed by atoms with van der Waals surface area (Å²) in [6.07, 6.45) is 3.27. The molecule has 0 heterocycles. The molecule has 0 aromatic heterocycles. The summed E-state index contributed by atoms with van der Waals surface area (Å²) in [6.45, 7) is 5.84. The van der Waals surface area contributed by atoms with Gasteiger partial charge in [0.15, 0.2) is 0 Å². The average Bonchev–Trinajstić information content (AvgIpc) is 2.43. The summed E-state index contributed by atoms with van der Waals surface area (Å²) in [5.41, 5.74) is 1.79. The number of hydrogen-bond donors (Lipinski definition) is 0. The van der Waals surface area contributed by atoms with Crippen molar-refractivity contribution in [1.82, 2.24) is 0 Å².